The van der Waals surface area contributed by atoms with Gasteiger partial charge in [-0.05, 0) is 49.1 Å². The molecule has 0 bridgehead atoms. The van der Waals surface area contributed by atoms with Crippen molar-refractivity contribution in [2.45, 2.75) is 12.8 Å². The molecular weight excluding hydrogens is 524 g/mol. The minimum absolute atomic E-state index is 0.122. The van der Waals surface area contributed by atoms with Crippen LogP contribution in [0, 0.1) is 5.92 Å². The van der Waals surface area contributed by atoms with Crippen molar-refractivity contribution in [1.29, 1.82) is 0 Å². The molecule has 1 aliphatic carbocycles. The van der Waals surface area contributed by atoms with Gasteiger partial charge in [-0.25, -0.2) is 4.98 Å². The first-order chi connectivity index (χ1) is 20.0. The van der Waals surface area contributed by atoms with Crippen LogP contribution in [0.1, 0.15) is 23.2 Å². The summed E-state index contributed by atoms with van der Waals surface area (Å²) in [5.74, 6) is 2.37. The molecule has 4 aromatic rings. The third kappa shape index (κ3) is 5.67. The van der Waals surface area contributed by atoms with E-state index in [2.05, 4.69) is 5.32 Å². The fraction of sp³-hybridized carbons (Fsp3) is 0.258. The number of ether oxygens (including phenoxy) is 4. The first kappa shape index (κ1) is 26.2. The van der Waals surface area contributed by atoms with Gasteiger partial charge in [-0.2, -0.15) is 0 Å². The van der Waals surface area contributed by atoms with Gasteiger partial charge in [0.25, 0.3) is 5.91 Å². The zero-order valence-electron chi connectivity index (χ0n) is 22.8. The average molecular weight is 555 g/mol. The number of benzene rings is 3. The maximum absolute atomic E-state index is 13.5. The van der Waals surface area contributed by atoms with Crippen LogP contribution in [0.25, 0.3) is 16.9 Å². The highest BCUT2D eigenvalue weighted by molar-refractivity contribution is 5.99. The summed E-state index contributed by atoms with van der Waals surface area (Å²) in [5.41, 5.74) is 2.75. The molecule has 0 unspecified atom stereocenters. The van der Waals surface area contributed by atoms with Crippen molar-refractivity contribution in [3.63, 3.8) is 0 Å². The lowest BCUT2D eigenvalue weighted by molar-refractivity contribution is -0.117. The number of nitrogens with one attached hydrogen (secondary N) is 1. The SMILES string of the molecule is COc1ccc(-n2cc(-c3ccccc3)nc2NC(=O)CN(CC2CC2)C(=O)c2ccc3c(c2)OCO3)cc1OC. The van der Waals surface area contributed by atoms with E-state index in [4.69, 9.17) is 23.9 Å². The molecule has 0 spiro atoms. The Balaban J connectivity index is 1.28. The Bertz CT molecular complexity index is 1580. The topological polar surface area (TPSA) is 104 Å². The Morgan fingerprint density at radius 3 is 2.51 bits per heavy atom. The van der Waals surface area contributed by atoms with Crippen LogP contribution >= 0.6 is 0 Å². The van der Waals surface area contributed by atoms with Crippen molar-refractivity contribution in [2.75, 3.05) is 39.4 Å². The third-order valence-electron chi connectivity index (χ3n) is 7.09. The lowest BCUT2D eigenvalue weighted by atomic mass is 10.1. The van der Waals surface area contributed by atoms with Crippen molar-refractivity contribution in [1.82, 2.24) is 14.5 Å². The van der Waals surface area contributed by atoms with Crippen molar-refractivity contribution in [2.24, 2.45) is 5.92 Å². The van der Waals surface area contributed by atoms with E-state index in [1.807, 2.05) is 48.7 Å². The maximum Gasteiger partial charge on any atom is 0.254 e. The standard InChI is InChI=1S/C31H30N4O6/c1-38-25-13-11-23(15-27(25)39-2)35-17-24(21-6-4-3-5-7-21)32-31(35)33-29(36)18-34(16-20-8-9-20)30(37)22-10-12-26-28(14-22)41-19-40-26/h3-7,10-15,17,20H,8-9,16,18-19H2,1-2H3,(H,32,33,36). The first-order valence-corrected chi connectivity index (χ1v) is 13.4. The fourth-order valence-corrected chi connectivity index (χ4v) is 4.77. The Morgan fingerprint density at radius 1 is 0.976 bits per heavy atom. The average Bonchev–Trinajstić information content (AvgIpc) is 3.53. The van der Waals surface area contributed by atoms with Gasteiger partial charge in [-0.3, -0.25) is 19.5 Å². The number of imidazole rings is 1. The molecule has 2 heterocycles. The number of hydrogen-bond acceptors (Lipinski definition) is 7. The summed E-state index contributed by atoms with van der Waals surface area (Å²) >= 11 is 0. The molecule has 1 N–H and O–H groups in total. The van der Waals surface area contributed by atoms with Gasteiger partial charge in [0, 0.05) is 29.9 Å². The molecule has 1 aromatic heterocycles. The molecular formula is C31H30N4O6. The summed E-state index contributed by atoms with van der Waals surface area (Å²) in [7, 11) is 3.14. The van der Waals surface area contributed by atoms with Crippen molar-refractivity contribution >= 4 is 17.8 Å². The molecule has 1 saturated carbocycles. The van der Waals surface area contributed by atoms with E-state index in [-0.39, 0.29) is 25.2 Å². The summed E-state index contributed by atoms with van der Waals surface area (Å²) in [6.45, 7) is 0.502. The lowest BCUT2D eigenvalue weighted by Crippen LogP contribution is -2.39. The number of amides is 2. The predicted molar refractivity (Wildman–Crippen MR) is 152 cm³/mol. The normalized spacial score (nSPS) is 13.5. The molecule has 1 aliphatic heterocycles. The molecule has 0 radical (unpaired) electrons. The van der Waals surface area contributed by atoms with E-state index in [0.29, 0.717) is 52.7 Å². The molecule has 3 aromatic carbocycles. The third-order valence-corrected chi connectivity index (χ3v) is 7.09. The maximum atomic E-state index is 13.5. The monoisotopic (exact) mass is 554 g/mol. The van der Waals surface area contributed by atoms with E-state index in [1.165, 1.54) is 0 Å². The van der Waals surface area contributed by atoms with Crippen molar-refractivity contribution in [3.05, 3.63) is 78.5 Å². The number of rotatable bonds is 10. The van der Waals surface area contributed by atoms with E-state index < -0.39 is 0 Å². The molecule has 1 fully saturated rings. The molecule has 0 atom stereocenters. The molecule has 2 aliphatic rings. The van der Waals surface area contributed by atoms with Gasteiger partial charge in [-0.1, -0.05) is 30.3 Å². The minimum Gasteiger partial charge on any atom is -0.493 e. The molecule has 10 heteroatoms. The quantitative estimate of drug-likeness (QED) is 0.301. The first-order valence-electron chi connectivity index (χ1n) is 13.4. The van der Waals surface area contributed by atoms with Crippen LogP contribution in [0.3, 0.4) is 0 Å². The lowest BCUT2D eigenvalue weighted by Gasteiger charge is -2.22. The summed E-state index contributed by atoms with van der Waals surface area (Å²) in [6.07, 6.45) is 3.93. The smallest absolute Gasteiger partial charge is 0.254 e. The van der Waals surface area contributed by atoms with Crippen LogP contribution in [0.2, 0.25) is 0 Å². The Morgan fingerprint density at radius 2 is 1.76 bits per heavy atom. The highest BCUT2D eigenvalue weighted by atomic mass is 16.7. The van der Waals surface area contributed by atoms with Crippen LogP contribution in [0.15, 0.2) is 72.9 Å². The van der Waals surface area contributed by atoms with Gasteiger partial charge in [-0.15, -0.1) is 0 Å². The summed E-state index contributed by atoms with van der Waals surface area (Å²) < 4.78 is 23.5. The van der Waals surface area contributed by atoms with Crippen LogP contribution in [0.4, 0.5) is 5.95 Å². The van der Waals surface area contributed by atoms with Crippen molar-refractivity contribution in [3.8, 4) is 39.9 Å². The Labute approximate surface area is 237 Å². The minimum atomic E-state index is -0.355. The van der Waals surface area contributed by atoms with E-state index >= 15 is 0 Å². The highest BCUT2D eigenvalue weighted by Crippen LogP contribution is 2.35. The van der Waals surface area contributed by atoms with E-state index in [1.54, 1.807) is 48.0 Å². The molecule has 0 saturated heterocycles. The van der Waals surface area contributed by atoms with Gasteiger partial charge in [0.15, 0.2) is 23.0 Å². The highest BCUT2D eigenvalue weighted by Gasteiger charge is 2.30. The number of methoxy groups -OCH3 is 2. The molecule has 10 nitrogen and oxygen atoms in total. The van der Waals surface area contributed by atoms with Gasteiger partial charge in [0.2, 0.25) is 18.6 Å². The Kier molecular flexibility index (Phi) is 7.20. The number of carbonyl (C=O) groups is 2. The number of anilines is 1. The van der Waals surface area contributed by atoms with Gasteiger partial charge in [0.1, 0.15) is 6.54 Å². The zero-order chi connectivity index (χ0) is 28.3. The second-order valence-electron chi connectivity index (χ2n) is 9.97. The summed E-state index contributed by atoms with van der Waals surface area (Å²) in [6, 6.07) is 20.2. The van der Waals surface area contributed by atoms with E-state index in [9.17, 15) is 9.59 Å². The van der Waals surface area contributed by atoms with E-state index in [0.717, 1.165) is 24.1 Å². The second kappa shape index (κ2) is 11.2. The van der Waals surface area contributed by atoms with Crippen molar-refractivity contribution < 1.29 is 28.5 Å². The van der Waals surface area contributed by atoms with Gasteiger partial charge >= 0.3 is 0 Å². The molecule has 41 heavy (non-hydrogen) atoms. The number of carbonyl (C=O) groups excluding carboxylic acids is 2. The van der Waals surface area contributed by atoms with Crippen LogP contribution < -0.4 is 24.3 Å². The molecule has 2 amide bonds. The Hall–Kier alpha value is -4.99. The number of fused-ring (bicyclic) bond motifs is 1. The zero-order valence-corrected chi connectivity index (χ0v) is 22.8. The number of nitrogens with zero attached hydrogens (tertiary/aromatic N) is 3. The van der Waals surface area contributed by atoms with Gasteiger partial charge < -0.3 is 23.8 Å². The van der Waals surface area contributed by atoms with Crippen LogP contribution in [-0.4, -0.2) is 60.4 Å². The number of hydrogen-bond donors (Lipinski definition) is 1. The molecule has 210 valence electrons. The second-order valence-corrected chi connectivity index (χ2v) is 9.97. The van der Waals surface area contributed by atoms with Crippen LogP contribution in [0.5, 0.6) is 23.0 Å². The summed E-state index contributed by atoms with van der Waals surface area (Å²) in [4.78, 5) is 33.3. The largest absolute Gasteiger partial charge is 0.493 e. The predicted octanol–water partition coefficient (Wildman–Crippen LogP) is 4.78. The molecule has 6 rings (SSSR count). The summed E-state index contributed by atoms with van der Waals surface area (Å²) in [5, 5.41) is 2.94. The van der Waals surface area contributed by atoms with Gasteiger partial charge in [0.05, 0.1) is 25.6 Å². The van der Waals surface area contributed by atoms with Crippen LogP contribution in [-0.2, 0) is 4.79 Å². The number of aromatic nitrogens is 2. The fourth-order valence-electron chi connectivity index (χ4n) is 4.77.